The first-order valence-electron chi connectivity index (χ1n) is 10.8. The largest absolute Gasteiger partial charge is 0.481 e. The zero-order chi connectivity index (χ0) is 25.2. The van der Waals surface area contributed by atoms with Gasteiger partial charge in [0, 0.05) is 0 Å². The zero-order valence-corrected chi connectivity index (χ0v) is 19.7. The summed E-state index contributed by atoms with van der Waals surface area (Å²) in [5.74, 6) is -4.82. The van der Waals surface area contributed by atoms with Gasteiger partial charge in [-0.1, -0.05) is 41.5 Å². The van der Waals surface area contributed by atoms with Crippen LogP contribution in [-0.2, 0) is 24.0 Å². The molecule has 3 amide bonds. The summed E-state index contributed by atoms with van der Waals surface area (Å²) < 4.78 is 0. The van der Waals surface area contributed by atoms with Gasteiger partial charge in [0.1, 0.15) is 18.1 Å². The molecule has 7 N–H and O–H groups in total. The molecule has 0 aromatic carbocycles. The van der Waals surface area contributed by atoms with Crippen LogP contribution in [-0.4, -0.2) is 64.0 Å². The number of carboxylic acid groups (broad SMARTS) is 2. The highest BCUT2D eigenvalue weighted by Gasteiger charge is 2.32. The maximum absolute atomic E-state index is 12.9. The first-order chi connectivity index (χ1) is 14.6. The monoisotopic (exact) mass is 458 g/mol. The Labute approximate surface area is 188 Å². The predicted molar refractivity (Wildman–Crippen MR) is 117 cm³/mol. The molecule has 0 saturated carbocycles. The number of hydrogen-bond acceptors (Lipinski definition) is 6. The standard InChI is InChI=1S/C21H38N4O7/c1-10(2)7-14(23-18(28)13(22)9-16(26)27)19(29)25-17(12(5)6)20(30)24-15(21(31)32)8-11(3)4/h10-15,17H,7-9,22H2,1-6H3,(H,23,28)(H,24,30)(H,25,29)(H,26,27)(H,31,32)/t13-,14-,15-,17-/m0/s1. The van der Waals surface area contributed by atoms with Gasteiger partial charge in [0.2, 0.25) is 17.7 Å². The topological polar surface area (TPSA) is 188 Å². The van der Waals surface area contributed by atoms with Crippen LogP contribution in [0.4, 0.5) is 0 Å². The van der Waals surface area contributed by atoms with E-state index in [9.17, 15) is 29.1 Å². The van der Waals surface area contributed by atoms with Crippen LogP contribution in [0.2, 0.25) is 0 Å². The highest BCUT2D eigenvalue weighted by Crippen LogP contribution is 2.10. The summed E-state index contributed by atoms with van der Waals surface area (Å²) in [6.07, 6.45) is -0.131. The Kier molecular flexibility index (Phi) is 12.5. The normalized spacial score (nSPS) is 15.1. The van der Waals surface area contributed by atoms with Crippen molar-refractivity contribution in [3.8, 4) is 0 Å². The molecule has 0 saturated heterocycles. The van der Waals surface area contributed by atoms with Gasteiger partial charge >= 0.3 is 11.9 Å². The fourth-order valence-corrected chi connectivity index (χ4v) is 3.01. The number of amides is 3. The minimum atomic E-state index is -1.33. The molecule has 11 nitrogen and oxygen atoms in total. The Morgan fingerprint density at radius 1 is 0.719 bits per heavy atom. The molecule has 0 unspecified atom stereocenters. The van der Waals surface area contributed by atoms with E-state index in [4.69, 9.17) is 10.8 Å². The van der Waals surface area contributed by atoms with Crippen molar-refractivity contribution in [1.82, 2.24) is 16.0 Å². The highest BCUT2D eigenvalue weighted by atomic mass is 16.4. The van der Waals surface area contributed by atoms with Crippen LogP contribution in [0.1, 0.15) is 60.8 Å². The number of carboxylic acids is 2. The molecule has 4 atom stereocenters. The number of carbonyl (C=O) groups is 5. The third-order valence-electron chi connectivity index (χ3n) is 4.64. The summed E-state index contributed by atoms with van der Waals surface area (Å²) in [4.78, 5) is 60.1. The van der Waals surface area contributed by atoms with Crippen LogP contribution in [0.15, 0.2) is 0 Å². The molecule has 11 heteroatoms. The van der Waals surface area contributed by atoms with Gasteiger partial charge in [-0.3, -0.25) is 19.2 Å². The smallest absolute Gasteiger partial charge is 0.326 e. The minimum Gasteiger partial charge on any atom is -0.481 e. The Hall–Kier alpha value is -2.69. The second-order valence-corrected chi connectivity index (χ2v) is 9.15. The maximum Gasteiger partial charge on any atom is 0.326 e. The molecular formula is C21H38N4O7. The number of aliphatic carboxylic acids is 2. The average molecular weight is 459 g/mol. The van der Waals surface area contributed by atoms with Crippen molar-refractivity contribution in [2.24, 2.45) is 23.5 Å². The van der Waals surface area contributed by atoms with E-state index in [1.165, 1.54) is 0 Å². The molecule has 32 heavy (non-hydrogen) atoms. The van der Waals surface area contributed by atoms with Crippen molar-refractivity contribution in [3.05, 3.63) is 0 Å². The molecule has 0 radical (unpaired) electrons. The summed E-state index contributed by atoms with van der Waals surface area (Å²) in [6, 6.07) is -4.49. The number of nitrogens with one attached hydrogen (secondary N) is 3. The number of nitrogens with two attached hydrogens (primary N) is 1. The van der Waals surface area contributed by atoms with Gasteiger partial charge in [-0.2, -0.15) is 0 Å². The SMILES string of the molecule is CC(C)C[C@H](NC(=O)[C@@H](NC(=O)[C@H](CC(C)C)NC(=O)[C@@H](N)CC(=O)O)C(C)C)C(=O)O. The number of hydrogen-bond donors (Lipinski definition) is 6. The Morgan fingerprint density at radius 3 is 1.59 bits per heavy atom. The molecule has 0 rings (SSSR count). The van der Waals surface area contributed by atoms with E-state index in [1.807, 2.05) is 27.7 Å². The minimum absolute atomic E-state index is 0.00416. The summed E-state index contributed by atoms with van der Waals surface area (Å²) >= 11 is 0. The van der Waals surface area contributed by atoms with E-state index in [0.717, 1.165) is 0 Å². The lowest BCUT2D eigenvalue weighted by atomic mass is 9.98. The van der Waals surface area contributed by atoms with Crippen LogP contribution in [0.3, 0.4) is 0 Å². The number of rotatable bonds is 14. The first-order valence-corrected chi connectivity index (χ1v) is 10.8. The first kappa shape index (κ1) is 29.3. The highest BCUT2D eigenvalue weighted by molar-refractivity contribution is 5.94. The molecule has 0 aliphatic carbocycles. The van der Waals surface area contributed by atoms with Crippen molar-refractivity contribution >= 4 is 29.7 Å². The van der Waals surface area contributed by atoms with Crippen molar-refractivity contribution < 1.29 is 34.2 Å². The third kappa shape index (κ3) is 11.1. The van der Waals surface area contributed by atoms with Crippen molar-refractivity contribution in [2.75, 3.05) is 0 Å². The third-order valence-corrected chi connectivity index (χ3v) is 4.64. The van der Waals surface area contributed by atoms with E-state index in [1.54, 1.807) is 13.8 Å². The fraction of sp³-hybridized carbons (Fsp3) is 0.762. The van der Waals surface area contributed by atoms with Gasteiger partial charge in [0.15, 0.2) is 0 Å². The van der Waals surface area contributed by atoms with Gasteiger partial charge < -0.3 is 31.9 Å². The van der Waals surface area contributed by atoms with E-state index < -0.39 is 60.2 Å². The van der Waals surface area contributed by atoms with Crippen LogP contribution in [0.25, 0.3) is 0 Å². The van der Waals surface area contributed by atoms with Crippen molar-refractivity contribution in [2.45, 2.75) is 85.0 Å². The van der Waals surface area contributed by atoms with Gasteiger partial charge in [-0.25, -0.2) is 4.79 Å². The van der Waals surface area contributed by atoms with Gasteiger partial charge in [0.25, 0.3) is 0 Å². The molecule has 0 aromatic rings. The van der Waals surface area contributed by atoms with Gasteiger partial charge in [-0.05, 0) is 30.6 Å². The van der Waals surface area contributed by atoms with E-state index in [2.05, 4.69) is 16.0 Å². The Balaban J connectivity index is 5.43. The molecule has 0 aliphatic heterocycles. The second kappa shape index (κ2) is 13.7. The molecule has 0 aromatic heterocycles. The molecule has 0 fully saturated rings. The van der Waals surface area contributed by atoms with E-state index in [-0.39, 0.29) is 30.6 Å². The number of carbonyl (C=O) groups excluding carboxylic acids is 3. The lowest BCUT2D eigenvalue weighted by Gasteiger charge is -2.28. The Morgan fingerprint density at radius 2 is 1.19 bits per heavy atom. The zero-order valence-electron chi connectivity index (χ0n) is 19.7. The summed E-state index contributed by atoms with van der Waals surface area (Å²) in [6.45, 7) is 10.7. The molecular weight excluding hydrogens is 420 g/mol. The molecule has 0 heterocycles. The van der Waals surface area contributed by atoms with Crippen LogP contribution in [0, 0.1) is 17.8 Å². The Bertz CT molecular complexity index is 679. The van der Waals surface area contributed by atoms with E-state index in [0.29, 0.717) is 0 Å². The molecule has 0 bridgehead atoms. The van der Waals surface area contributed by atoms with Crippen LogP contribution < -0.4 is 21.7 Å². The fourth-order valence-electron chi connectivity index (χ4n) is 3.01. The lowest BCUT2D eigenvalue weighted by Crippen LogP contribution is -2.58. The van der Waals surface area contributed by atoms with Crippen LogP contribution in [0.5, 0.6) is 0 Å². The maximum atomic E-state index is 12.9. The summed E-state index contributed by atoms with van der Waals surface area (Å²) in [5.41, 5.74) is 5.57. The predicted octanol–water partition coefficient (Wildman–Crippen LogP) is 0.0756. The van der Waals surface area contributed by atoms with Gasteiger partial charge in [-0.15, -0.1) is 0 Å². The lowest BCUT2D eigenvalue weighted by molar-refractivity contribution is -0.143. The van der Waals surface area contributed by atoms with Crippen molar-refractivity contribution in [1.29, 1.82) is 0 Å². The summed E-state index contributed by atoms with van der Waals surface area (Å²) in [5, 5.41) is 25.7. The average Bonchev–Trinajstić information content (AvgIpc) is 2.62. The molecule has 0 spiro atoms. The quantitative estimate of drug-likeness (QED) is 0.211. The van der Waals surface area contributed by atoms with Crippen molar-refractivity contribution in [3.63, 3.8) is 0 Å². The van der Waals surface area contributed by atoms with E-state index >= 15 is 0 Å². The second-order valence-electron chi connectivity index (χ2n) is 9.15. The van der Waals surface area contributed by atoms with Crippen LogP contribution >= 0.6 is 0 Å². The molecule has 0 aliphatic rings. The van der Waals surface area contributed by atoms with Gasteiger partial charge in [0.05, 0.1) is 12.5 Å². The summed E-state index contributed by atoms with van der Waals surface area (Å²) in [7, 11) is 0. The molecule has 184 valence electrons.